The number of rotatable bonds is 4. The Balaban J connectivity index is 1.70. The number of benzene rings is 2. The number of aromatic amines is 1. The molecule has 0 aliphatic carbocycles. The summed E-state index contributed by atoms with van der Waals surface area (Å²) in [6, 6.07) is 12.9. The number of aliphatic hydroxyl groups is 1. The predicted molar refractivity (Wildman–Crippen MR) is 115 cm³/mol. The van der Waals surface area contributed by atoms with Gasteiger partial charge in [-0.1, -0.05) is 29.8 Å². The number of nitrogens with one attached hydrogen (secondary N) is 1. The minimum absolute atomic E-state index is 0.0403. The fourth-order valence-electron chi connectivity index (χ4n) is 3.80. The average molecular weight is 452 g/mol. The molecule has 1 aliphatic rings. The molecule has 0 spiro atoms. The van der Waals surface area contributed by atoms with E-state index in [0.29, 0.717) is 22.4 Å². The number of para-hydroxylation sites is 2. The Morgan fingerprint density at radius 2 is 2.00 bits per heavy atom. The summed E-state index contributed by atoms with van der Waals surface area (Å²) in [5.41, 5.74) is 1.35. The third-order valence-electron chi connectivity index (χ3n) is 5.28. The summed E-state index contributed by atoms with van der Waals surface area (Å²) in [7, 11) is 0. The summed E-state index contributed by atoms with van der Waals surface area (Å²) >= 11 is 5.99. The van der Waals surface area contributed by atoms with Crippen molar-refractivity contribution in [3.8, 4) is 0 Å². The van der Waals surface area contributed by atoms with Crippen LogP contribution < -0.4 is 4.90 Å². The number of Topliss-reactive ketones (excluding diaryl/α,β-unsaturated/α-hetero) is 1. The number of nitrogens with zero attached hydrogens (tertiary/aromatic N) is 2. The van der Waals surface area contributed by atoms with E-state index in [0.717, 1.165) is 11.0 Å². The molecule has 1 unspecified atom stereocenters. The molecular formula is C23H15ClFN3O4. The van der Waals surface area contributed by atoms with Gasteiger partial charge in [-0.05, 0) is 48.9 Å². The van der Waals surface area contributed by atoms with Crippen LogP contribution in [0.1, 0.15) is 27.9 Å². The highest BCUT2D eigenvalue weighted by molar-refractivity contribution is 6.30. The number of ketones is 1. The zero-order valence-electron chi connectivity index (χ0n) is 16.6. The van der Waals surface area contributed by atoms with Crippen LogP contribution in [0.3, 0.4) is 0 Å². The van der Waals surface area contributed by atoms with E-state index in [4.69, 9.17) is 16.0 Å². The molecule has 0 radical (unpaired) electrons. The third kappa shape index (κ3) is 3.07. The number of hydrogen-bond acceptors (Lipinski definition) is 5. The lowest BCUT2D eigenvalue weighted by molar-refractivity contribution is -0.117. The molecule has 2 aromatic heterocycles. The second kappa shape index (κ2) is 7.35. The summed E-state index contributed by atoms with van der Waals surface area (Å²) in [6.07, 6.45) is 0. The Labute approximate surface area is 185 Å². The van der Waals surface area contributed by atoms with Crippen molar-refractivity contribution in [2.24, 2.45) is 0 Å². The van der Waals surface area contributed by atoms with E-state index in [-0.39, 0.29) is 22.3 Å². The topological polar surface area (TPSA) is 99.4 Å². The van der Waals surface area contributed by atoms with E-state index < -0.39 is 29.3 Å². The van der Waals surface area contributed by atoms with Crippen LogP contribution in [0.5, 0.6) is 0 Å². The van der Waals surface area contributed by atoms with E-state index in [1.807, 2.05) is 0 Å². The van der Waals surface area contributed by atoms with Crippen molar-refractivity contribution in [1.29, 1.82) is 0 Å². The number of carbonyl (C=O) groups is 2. The van der Waals surface area contributed by atoms with Crippen LogP contribution in [0.15, 0.2) is 70.3 Å². The number of halogens is 2. The number of anilines is 1. The quantitative estimate of drug-likeness (QED) is 0.423. The highest BCUT2D eigenvalue weighted by Crippen LogP contribution is 2.42. The number of carbonyl (C=O) groups excluding carboxylic acids is 2. The molecule has 0 saturated heterocycles. The Hall–Kier alpha value is -3.91. The van der Waals surface area contributed by atoms with Crippen molar-refractivity contribution >= 4 is 40.3 Å². The van der Waals surface area contributed by atoms with Gasteiger partial charge < -0.3 is 14.5 Å². The number of aryl methyl sites for hydroxylation is 1. The lowest BCUT2D eigenvalue weighted by atomic mass is 9.95. The van der Waals surface area contributed by atoms with Crippen molar-refractivity contribution in [2.45, 2.75) is 13.0 Å². The molecule has 0 saturated carbocycles. The summed E-state index contributed by atoms with van der Waals surface area (Å²) in [4.78, 5) is 35.0. The minimum atomic E-state index is -1.11. The van der Waals surface area contributed by atoms with Crippen LogP contribution in [-0.4, -0.2) is 26.8 Å². The largest absolute Gasteiger partial charge is 0.503 e. The van der Waals surface area contributed by atoms with Crippen LogP contribution in [0.4, 0.5) is 10.3 Å². The molecule has 2 aromatic carbocycles. The first kappa shape index (κ1) is 20.0. The summed E-state index contributed by atoms with van der Waals surface area (Å²) < 4.78 is 19.3. The number of hydrogen-bond donors (Lipinski definition) is 2. The number of imidazole rings is 1. The number of aliphatic hydroxyl groups excluding tert-OH is 1. The highest BCUT2D eigenvalue weighted by atomic mass is 35.5. The monoisotopic (exact) mass is 451 g/mol. The molecule has 4 aromatic rings. The molecule has 1 aliphatic heterocycles. The maximum atomic E-state index is 13.8. The van der Waals surface area contributed by atoms with Crippen LogP contribution >= 0.6 is 11.6 Å². The molecule has 32 heavy (non-hydrogen) atoms. The fourth-order valence-corrected chi connectivity index (χ4v) is 3.99. The average Bonchev–Trinajstić information content (AvgIpc) is 3.46. The normalized spacial score (nSPS) is 16.4. The minimum Gasteiger partial charge on any atom is -0.503 e. The first-order chi connectivity index (χ1) is 15.3. The van der Waals surface area contributed by atoms with Gasteiger partial charge in [-0.15, -0.1) is 0 Å². The van der Waals surface area contributed by atoms with Crippen LogP contribution in [0.2, 0.25) is 5.02 Å². The third-order valence-corrected chi connectivity index (χ3v) is 5.57. The summed E-state index contributed by atoms with van der Waals surface area (Å²) in [5.74, 6) is -2.33. The van der Waals surface area contributed by atoms with Crippen LogP contribution in [0.25, 0.3) is 11.0 Å². The maximum Gasteiger partial charge on any atom is 0.296 e. The number of H-pyrrole nitrogens is 1. The van der Waals surface area contributed by atoms with E-state index in [1.54, 1.807) is 37.3 Å². The van der Waals surface area contributed by atoms with Crippen molar-refractivity contribution in [2.75, 3.05) is 4.90 Å². The number of furan rings is 1. The first-order valence-electron chi connectivity index (χ1n) is 9.62. The molecule has 0 fully saturated rings. The molecule has 7 nitrogen and oxygen atoms in total. The zero-order valence-corrected chi connectivity index (χ0v) is 17.4. The van der Waals surface area contributed by atoms with Gasteiger partial charge in [-0.3, -0.25) is 14.5 Å². The van der Waals surface area contributed by atoms with Gasteiger partial charge in [0.05, 0.1) is 27.7 Å². The SMILES string of the molecule is Cc1ccc(C(=O)C2=C(O)C(=O)N(c3nc4ccccc4[nH]3)C2c2ccc(F)c(Cl)c2)o1. The van der Waals surface area contributed by atoms with Gasteiger partial charge in [0.2, 0.25) is 11.7 Å². The lowest BCUT2D eigenvalue weighted by Crippen LogP contribution is -2.32. The van der Waals surface area contributed by atoms with Crippen molar-refractivity contribution in [3.63, 3.8) is 0 Å². The highest BCUT2D eigenvalue weighted by Gasteiger charge is 2.46. The zero-order chi connectivity index (χ0) is 22.6. The summed E-state index contributed by atoms with van der Waals surface area (Å²) in [5, 5.41) is 10.5. The summed E-state index contributed by atoms with van der Waals surface area (Å²) in [6.45, 7) is 1.67. The second-order valence-electron chi connectivity index (χ2n) is 7.33. The number of aromatic nitrogens is 2. The van der Waals surface area contributed by atoms with Gasteiger partial charge in [-0.25, -0.2) is 9.37 Å². The van der Waals surface area contributed by atoms with E-state index >= 15 is 0 Å². The van der Waals surface area contributed by atoms with E-state index in [2.05, 4.69) is 9.97 Å². The van der Waals surface area contributed by atoms with Gasteiger partial charge in [0, 0.05) is 0 Å². The number of fused-ring (bicyclic) bond motifs is 1. The Bertz CT molecular complexity index is 1410. The first-order valence-corrected chi connectivity index (χ1v) is 10.0. The van der Waals surface area contributed by atoms with E-state index in [1.165, 1.54) is 18.2 Å². The van der Waals surface area contributed by atoms with Gasteiger partial charge in [0.1, 0.15) is 11.6 Å². The van der Waals surface area contributed by atoms with Crippen LogP contribution in [-0.2, 0) is 4.79 Å². The molecule has 3 heterocycles. The molecule has 160 valence electrons. The van der Waals surface area contributed by atoms with Crippen molar-refractivity contribution < 1.29 is 23.5 Å². The molecule has 9 heteroatoms. The Morgan fingerprint density at radius 1 is 1.22 bits per heavy atom. The molecule has 5 rings (SSSR count). The smallest absolute Gasteiger partial charge is 0.296 e. The molecule has 1 amide bonds. The van der Waals surface area contributed by atoms with Gasteiger partial charge >= 0.3 is 0 Å². The standard InChI is InChI=1S/C23H15ClFN3O4/c1-11-6-9-17(32-11)20(29)18-19(12-7-8-14(25)13(24)10-12)28(22(31)21(18)30)23-26-15-4-2-3-5-16(15)27-23/h2-10,19,30H,1H3,(H,26,27). The predicted octanol–water partition coefficient (Wildman–Crippen LogP) is 5.04. The van der Waals surface area contributed by atoms with Crippen molar-refractivity contribution in [3.05, 3.63) is 93.9 Å². The fraction of sp³-hybridized carbons (Fsp3) is 0.0870. The molecule has 1 atom stereocenters. The lowest BCUT2D eigenvalue weighted by Gasteiger charge is -2.24. The van der Waals surface area contributed by atoms with Crippen LogP contribution in [0, 0.1) is 12.7 Å². The van der Waals surface area contributed by atoms with Gasteiger partial charge in [0.25, 0.3) is 5.91 Å². The molecular weight excluding hydrogens is 437 g/mol. The molecule has 0 bridgehead atoms. The Kier molecular flexibility index (Phi) is 4.60. The van der Waals surface area contributed by atoms with E-state index in [9.17, 15) is 19.1 Å². The second-order valence-corrected chi connectivity index (χ2v) is 7.74. The Morgan fingerprint density at radius 3 is 2.69 bits per heavy atom. The molecule has 2 N–H and O–H groups in total. The maximum absolute atomic E-state index is 13.8. The van der Waals surface area contributed by atoms with Crippen molar-refractivity contribution in [1.82, 2.24) is 9.97 Å². The van der Waals surface area contributed by atoms with Gasteiger partial charge in [-0.2, -0.15) is 0 Å². The van der Waals surface area contributed by atoms with Gasteiger partial charge in [0.15, 0.2) is 11.5 Å². The number of amides is 1.